The molecule has 0 aliphatic carbocycles. The molecule has 0 fully saturated rings. The third-order valence-electron chi connectivity index (χ3n) is 1.22. The molecule has 1 unspecified atom stereocenters. The van der Waals surface area contributed by atoms with Gasteiger partial charge in [-0.1, -0.05) is 0 Å². The molecule has 12 heavy (non-hydrogen) atoms. The van der Waals surface area contributed by atoms with Crippen molar-refractivity contribution in [2.45, 2.75) is 13.0 Å². The van der Waals surface area contributed by atoms with Crippen LogP contribution in [0, 0.1) is 0 Å². The quantitative estimate of drug-likeness (QED) is 0.587. The average Bonchev–Trinajstić information content (AvgIpc) is 2.00. The number of nitrogens with two attached hydrogens (primary N) is 1. The van der Waals surface area contributed by atoms with Crippen molar-refractivity contribution < 1.29 is 19.2 Å². The second-order valence-corrected chi connectivity index (χ2v) is 2.10. The largest absolute Gasteiger partial charge is 0.436 e. The van der Waals surface area contributed by atoms with Gasteiger partial charge in [-0.05, 0) is 6.92 Å². The van der Waals surface area contributed by atoms with Crippen LogP contribution < -0.4 is 5.73 Å². The Morgan fingerprint density at radius 1 is 1.50 bits per heavy atom. The Balaban J connectivity index is 4.01. The number of primary amides is 1. The number of ether oxygens (including phenoxy) is 1. The lowest BCUT2D eigenvalue weighted by Gasteiger charge is -2.17. The van der Waals surface area contributed by atoms with E-state index < -0.39 is 18.1 Å². The Labute approximate surface area is 70.2 Å². The van der Waals surface area contributed by atoms with Gasteiger partial charge in [0.05, 0.1) is 7.11 Å². The van der Waals surface area contributed by atoms with E-state index in [-0.39, 0.29) is 0 Å². The molecule has 0 aromatic heterocycles. The number of hydrogen-bond donors (Lipinski definition) is 1. The number of carbonyl (C=O) groups excluding carboxylic acids is 2. The smallest absolute Gasteiger partial charge is 0.405 e. The van der Waals surface area contributed by atoms with Gasteiger partial charge in [0.25, 0.3) is 5.91 Å². The molecule has 0 aliphatic rings. The zero-order valence-corrected chi connectivity index (χ0v) is 7.23. The van der Waals surface area contributed by atoms with Gasteiger partial charge in [-0.15, -0.1) is 0 Å². The van der Waals surface area contributed by atoms with Crippen molar-refractivity contribution >= 4 is 12.0 Å². The van der Waals surface area contributed by atoms with E-state index in [1.54, 1.807) is 0 Å². The second-order valence-electron chi connectivity index (χ2n) is 2.10. The molecule has 2 amide bonds. The Kier molecular flexibility index (Phi) is 4.06. The standard InChI is InChI=1S/C6H12N2O4/c1-4(12-6(7)10)5(9)8(2)11-3/h4H,1-3H3,(H2,7,10). The van der Waals surface area contributed by atoms with Gasteiger partial charge in [0.15, 0.2) is 6.10 Å². The van der Waals surface area contributed by atoms with Crippen LogP contribution >= 0.6 is 0 Å². The monoisotopic (exact) mass is 176 g/mol. The molecule has 6 nitrogen and oxygen atoms in total. The molecule has 0 radical (unpaired) electrons. The van der Waals surface area contributed by atoms with Crippen LogP contribution in [0.15, 0.2) is 0 Å². The predicted octanol–water partition coefficient (Wildman–Crippen LogP) is -0.510. The summed E-state index contributed by atoms with van der Waals surface area (Å²) in [7, 11) is 2.73. The van der Waals surface area contributed by atoms with Gasteiger partial charge in [-0.25, -0.2) is 9.86 Å². The van der Waals surface area contributed by atoms with Gasteiger partial charge >= 0.3 is 6.09 Å². The first-order valence-corrected chi connectivity index (χ1v) is 3.26. The summed E-state index contributed by atoms with van der Waals surface area (Å²) in [5.74, 6) is -0.476. The van der Waals surface area contributed by atoms with Crippen molar-refractivity contribution in [3.05, 3.63) is 0 Å². The Morgan fingerprint density at radius 3 is 2.33 bits per heavy atom. The molecule has 0 saturated carbocycles. The fourth-order valence-corrected chi connectivity index (χ4v) is 0.571. The zero-order valence-electron chi connectivity index (χ0n) is 7.23. The summed E-state index contributed by atoms with van der Waals surface area (Å²) in [5, 5.41) is 0.952. The number of rotatable bonds is 3. The second kappa shape index (κ2) is 4.55. The first-order chi connectivity index (χ1) is 5.49. The number of likely N-dealkylation sites (N-methyl/N-ethyl adjacent to an activating group) is 1. The molecule has 6 heteroatoms. The van der Waals surface area contributed by atoms with Gasteiger partial charge in [0.2, 0.25) is 0 Å². The summed E-state index contributed by atoms with van der Waals surface area (Å²) in [6.45, 7) is 1.41. The van der Waals surface area contributed by atoms with E-state index in [0.717, 1.165) is 5.06 Å². The van der Waals surface area contributed by atoms with Crippen LogP contribution in [0.4, 0.5) is 4.79 Å². The zero-order chi connectivity index (χ0) is 9.72. The van der Waals surface area contributed by atoms with Gasteiger partial charge in [0, 0.05) is 7.05 Å². The predicted molar refractivity (Wildman–Crippen MR) is 39.9 cm³/mol. The molecule has 0 aliphatic heterocycles. The molecule has 0 saturated heterocycles. The molecular formula is C6H12N2O4. The molecule has 0 spiro atoms. The van der Waals surface area contributed by atoms with Crippen molar-refractivity contribution in [1.29, 1.82) is 0 Å². The average molecular weight is 176 g/mol. The minimum Gasteiger partial charge on any atom is -0.436 e. The summed E-state index contributed by atoms with van der Waals surface area (Å²) in [4.78, 5) is 25.9. The third-order valence-corrected chi connectivity index (χ3v) is 1.22. The summed E-state index contributed by atoms with van der Waals surface area (Å²) >= 11 is 0. The Morgan fingerprint density at radius 2 is 2.00 bits per heavy atom. The summed E-state index contributed by atoms with van der Waals surface area (Å²) in [6.07, 6.45) is -1.91. The lowest BCUT2D eigenvalue weighted by atomic mass is 10.4. The van der Waals surface area contributed by atoms with Crippen LogP contribution in [0.5, 0.6) is 0 Å². The van der Waals surface area contributed by atoms with Crippen molar-refractivity contribution in [1.82, 2.24) is 5.06 Å². The molecule has 2 N–H and O–H groups in total. The number of carbonyl (C=O) groups is 2. The van der Waals surface area contributed by atoms with Crippen LogP contribution in [-0.4, -0.2) is 37.3 Å². The topological polar surface area (TPSA) is 81.9 Å². The third kappa shape index (κ3) is 3.20. The number of hydrogen-bond acceptors (Lipinski definition) is 4. The molecule has 0 aromatic carbocycles. The molecule has 70 valence electrons. The normalized spacial score (nSPS) is 11.9. The molecular weight excluding hydrogens is 164 g/mol. The molecule has 0 bridgehead atoms. The maximum atomic E-state index is 11.1. The number of nitrogens with zero attached hydrogens (tertiary/aromatic N) is 1. The van der Waals surface area contributed by atoms with Crippen LogP contribution in [0.3, 0.4) is 0 Å². The highest BCUT2D eigenvalue weighted by atomic mass is 16.7. The van der Waals surface area contributed by atoms with Gasteiger partial charge < -0.3 is 10.5 Å². The highest BCUT2D eigenvalue weighted by Gasteiger charge is 2.19. The van der Waals surface area contributed by atoms with Crippen LogP contribution in [-0.2, 0) is 14.4 Å². The van der Waals surface area contributed by atoms with Crippen molar-refractivity contribution in [3.63, 3.8) is 0 Å². The summed E-state index contributed by atoms with van der Waals surface area (Å²) < 4.78 is 4.40. The van der Waals surface area contributed by atoms with E-state index in [4.69, 9.17) is 5.73 Å². The molecule has 0 heterocycles. The SMILES string of the molecule is CON(C)C(=O)C(C)OC(N)=O. The summed E-state index contributed by atoms with van der Waals surface area (Å²) in [5.41, 5.74) is 4.70. The van der Waals surface area contributed by atoms with Crippen molar-refractivity contribution in [2.24, 2.45) is 5.73 Å². The molecule has 0 rings (SSSR count). The number of amides is 2. The van der Waals surface area contributed by atoms with Gasteiger partial charge in [-0.3, -0.25) is 9.63 Å². The lowest BCUT2D eigenvalue weighted by molar-refractivity contribution is -0.176. The lowest BCUT2D eigenvalue weighted by Crippen LogP contribution is -2.37. The van der Waals surface area contributed by atoms with Crippen molar-refractivity contribution in [2.75, 3.05) is 14.2 Å². The summed E-state index contributed by atoms with van der Waals surface area (Å²) in [6, 6.07) is 0. The van der Waals surface area contributed by atoms with Crippen LogP contribution in [0.25, 0.3) is 0 Å². The molecule has 0 aromatic rings. The van der Waals surface area contributed by atoms with E-state index >= 15 is 0 Å². The fourth-order valence-electron chi connectivity index (χ4n) is 0.571. The van der Waals surface area contributed by atoms with E-state index in [1.807, 2.05) is 0 Å². The van der Waals surface area contributed by atoms with E-state index in [0.29, 0.717) is 0 Å². The minimum atomic E-state index is -0.986. The Hall–Kier alpha value is -1.30. The van der Waals surface area contributed by atoms with Crippen LogP contribution in [0.1, 0.15) is 6.92 Å². The van der Waals surface area contributed by atoms with Crippen LogP contribution in [0.2, 0.25) is 0 Å². The fraction of sp³-hybridized carbons (Fsp3) is 0.667. The maximum Gasteiger partial charge on any atom is 0.405 e. The van der Waals surface area contributed by atoms with E-state index in [2.05, 4.69) is 9.57 Å². The highest BCUT2D eigenvalue weighted by molar-refractivity contribution is 5.81. The molecule has 1 atom stereocenters. The van der Waals surface area contributed by atoms with Crippen molar-refractivity contribution in [3.8, 4) is 0 Å². The van der Waals surface area contributed by atoms with Gasteiger partial charge in [-0.2, -0.15) is 0 Å². The number of hydroxylamine groups is 2. The first-order valence-electron chi connectivity index (χ1n) is 3.26. The first kappa shape index (κ1) is 10.7. The van der Waals surface area contributed by atoms with Gasteiger partial charge in [0.1, 0.15) is 0 Å². The minimum absolute atomic E-state index is 0.476. The van der Waals surface area contributed by atoms with E-state index in [9.17, 15) is 9.59 Å². The van der Waals surface area contributed by atoms with E-state index in [1.165, 1.54) is 21.1 Å². The maximum absolute atomic E-state index is 11.1. The Bertz CT molecular complexity index is 182. The highest BCUT2D eigenvalue weighted by Crippen LogP contribution is 1.96.